The van der Waals surface area contributed by atoms with Crippen molar-refractivity contribution in [2.45, 2.75) is 24.3 Å². The van der Waals surface area contributed by atoms with Crippen LogP contribution in [-0.4, -0.2) is 46.5 Å². The first-order valence-corrected chi connectivity index (χ1v) is 12.7. The number of nitrogens with zero attached hydrogens (tertiary/aromatic N) is 1. The standard InChI is InChI=1S/C20H25Cl2N3O3S2/c1-13-11-15(6-8-18(13)25(2)3)23-20(26)17(9-10-29-4)24-30(27,28)19-12-14(21)5-7-16(19)22/h5-8,11-12,17,24H,9-10H2,1-4H3,(H,23,26). The van der Waals surface area contributed by atoms with Gasteiger partial charge in [0.05, 0.1) is 5.02 Å². The molecular formula is C20H25Cl2N3O3S2. The molecule has 10 heteroatoms. The maximum absolute atomic E-state index is 12.9. The lowest BCUT2D eigenvalue weighted by atomic mass is 10.1. The Hall–Kier alpha value is -1.45. The van der Waals surface area contributed by atoms with Crippen molar-refractivity contribution < 1.29 is 13.2 Å². The van der Waals surface area contributed by atoms with Crippen LogP contribution in [0.5, 0.6) is 0 Å². The topological polar surface area (TPSA) is 78.5 Å². The molecule has 0 bridgehead atoms. The van der Waals surface area contributed by atoms with E-state index in [-0.39, 0.29) is 14.9 Å². The molecule has 0 aliphatic rings. The number of carbonyl (C=O) groups excluding carboxylic acids is 1. The molecule has 0 fully saturated rings. The first kappa shape index (κ1) is 24.8. The molecule has 1 amide bonds. The average Bonchev–Trinajstić information content (AvgIpc) is 2.66. The van der Waals surface area contributed by atoms with Crippen LogP contribution in [0.1, 0.15) is 12.0 Å². The summed E-state index contributed by atoms with van der Waals surface area (Å²) < 4.78 is 28.2. The molecule has 30 heavy (non-hydrogen) atoms. The van der Waals surface area contributed by atoms with Crippen LogP contribution in [0.2, 0.25) is 10.0 Å². The number of halogens is 2. The summed E-state index contributed by atoms with van der Waals surface area (Å²) in [5, 5.41) is 3.08. The third-order valence-electron chi connectivity index (χ3n) is 4.35. The second kappa shape index (κ2) is 10.7. The number of rotatable bonds is 9. The Morgan fingerprint density at radius 1 is 1.17 bits per heavy atom. The van der Waals surface area contributed by atoms with Crippen LogP contribution in [0.15, 0.2) is 41.3 Å². The molecule has 1 unspecified atom stereocenters. The van der Waals surface area contributed by atoms with Crippen LogP contribution >= 0.6 is 35.0 Å². The fraction of sp³-hybridized carbons (Fsp3) is 0.350. The van der Waals surface area contributed by atoms with Gasteiger partial charge in [0.25, 0.3) is 0 Å². The van der Waals surface area contributed by atoms with Crippen molar-refractivity contribution in [3.63, 3.8) is 0 Å². The summed E-state index contributed by atoms with van der Waals surface area (Å²) in [6.45, 7) is 1.94. The van der Waals surface area contributed by atoms with Crippen molar-refractivity contribution in [3.05, 3.63) is 52.0 Å². The number of nitrogens with one attached hydrogen (secondary N) is 2. The van der Waals surface area contributed by atoms with Gasteiger partial charge in [-0.2, -0.15) is 16.5 Å². The molecule has 0 radical (unpaired) electrons. The highest BCUT2D eigenvalue weighted by Gasteiger charge is 2.27. The van der Waals surface area contributed by atoms with Crippen molar-refractivity contribution in [1.29, 1.82) is 0 Å². The van der Waals surface area contributed by atoms with E-state index in [1.54, 1.807) is 6.07 Å². The fourth-order valence-corrected chi connectivity index (χ4v) is 5.34. The normalized spacial score (nSPS) is 12.5. The van der Waals surface area contributed by atoms with Crippen molar-refractivity contribution in [3.8, 4) is 0 Å². The van der Waals surface area contributed by atoms with Crippen LogP contribution in [0.3, 0.4) is 0 Å². The lowest BCUT2D eigenvalue weighted by Gasteiger charge is -2.20. The van der Waals surface area contributed by atoms with Gasteiger partial charge in [0.2, 0.25) is 15.9 Å². The minimum atomic E-state index is -4.05. The molecule has 0 saturated heterocycles. The van der Waals surface area contributed by atoms with E-state index < -0.39 is 22.0 Å². The number of hydrogen-bond donors (Lipinski definition) is 2. The lowest BCUT2D eigenvalue weighted by Crippen LogP contribution is -2.44. The number of benzene rings is 2. The highest BCUT2D eigenvalue weighted by molar-refractivity contribution is 7.98. The summed E-state index contributed by atoms with van der Waals surface area (Å²) in [4.78, 5) is 14.7. The van der Waals surface area contributed by atoms with Crippen LogP contribution < -0.4 is 14.9 Å². The maximum Gasteiger partial charge on any atom is 0.242 e. The number of amides is 1. The largest absolute Gasteiger partial charge is 0.377 e. The number of sulfonamides is 1. The van der Waals surface area contributed by atoms with Gasteiger partial charge < -0.3 is 10.2 Å². The first-order valence-electron chi connectivity index (χ1n) is 9.10. The minimum absolute atomic E-state index is 0.0332. The van der Waals surface area contributed by atoms with Crippen molar-refractivity contribution >= 4 is 62.3 Å². The molecule has 0 aliphatic heterocycles. The van der Waals surface area contributed by atoms with Crippen LogP contribution in [0.4, 0.5) is 11.4 Å². The Morgan fingerprint density at radius 3 is 2.47 bits per heavy atom. The highest BCUT2D eigenvalue weighted by Crippen LogP contribution is 2.26. The Bertz CT molecular complexity index is 1010. The van der Waals surface area contributed by atoms with E-state index in [0.717, 1.165) is 11.3 Å². The van der Waals surface area contributed by atoms with Crippen molar-refractivity contribution in [1.82, 2.24) is 4.72 Å². The molecule has 164 valence electrons. The van der Waals surface area contributed by atoms with Gasteiger partial charge >= 0.3 is 0 Å². The summed E-state index contributed by atoms with van der Waals surface area (Å²) in [5.41, 5.74) is 2.62. The predicted octanol–water partition coefficient (Wildman–Crippen LogP) is 4.41. The molecule has 0 aliphatic carbocycles. The van der Waals surface area contributed by atoms with Gasteiger partial charge in [-0.3, -0.25) is 4.79 Å². The van der Waals surface area contributed by atoms with E-state index in [9.17, 15) is 13.2 Å². The molecule has 0 saturated carbocycles. The van der Waals surface area contributed by atoms with Crippen LogP contribution in [-0.2, 0) is 14.8 Å². The number of hydrogen-bond acceptors (Lipinski definition) is 5. The number of aryl methyl sites for hydroxylation is 1. The number of carbonyl (C=O) groups is 1. The quantitative estimate of drug-likeness (QED) is 0.545. The summed E-state index contributed by atoms with van der Waals surface area (Å²) in [7, 11) is -0.171. The zero-order valence-corrected chi connectivity index (χ0v) is 20.3. The molecule has 0 aromatic heterocycles. The molecule has 2 aromatic carbocycles. The molecule has 2 rings (SSSR count). The van der Waals surface area contributed by atoms with Crippen molar-refractivity contribution in [2.24, 2.45) is 0 Å². The molecule has 2 aromatic rings. The lowest BCUT2D eigenvalue weighted by molar-refractivity contribution is -0.117. The molecule has 6 nitrogen and oxygen atoms in total. The van der Waals surface area contributed by atoms with Gasteiger partial charge in [-0.15, -0.1) is 0 Å². The van der Waals surface area contributed by atoms with E-state index in [1.165, 1.54) is 30.0 Å². The zero-order chi connectivity index (χ0) is 22.5. The maximum atomic E-state index is 12.9. The summed E-state index contributed by atoms with van der Waals surface area (Å²) in [5.74, 6) is 0.158. The van der Waals surface area contributed by atoms with Gasteiger partial charge in [0.15, 0.2) is 0 Å². The smallest absolute Gasteiger partial charge is 0.242 e. The average molecular weight is 490 g/mol. The third-order valence-corrected chi connectivity index (χ3v) is 7.19. The van der Waals surface area contributed by atoms with Gasteiger partial charge in [-0.25, -0.2) is 8.42 Å². The van der Waals surface area contributed by atoms with Crippen LogP contribution in [0.25, 0.3) is 0 Å². The fourth-order valence-electron chi connectivity index (χ4n) is 2.88. The van der Waals surface area contributed by atoms with E-state index in [2.05, 4.69) is 10.0 Å². The third kappa shape index (κ3) is 6.52. The number of thioether (sulfide) groups is 1. The van der Waals surface area contributed by atoms with Gasteiger partial charge in [-0.05, 0) is 67.3 Å². The molecule has 1 atom stereocenters. The van der Waals surface area contributed by atoms with E-state index in [4.69, 9.17) is 23.2 Å². The Morgan fingerprint density at radius 2 is 1.87 bits per heavy atom. The summed E-state index contributed by atoms with van der Waals surface area (Å²) >= 11 is 13.5. The number of anilines is 2. The van der Waals surface area contributed by atoms with Gasteiger partial charge in [-0.1, -0.05) is 23.2 Å². The highest BCUT2D eigenvalue weighted by atomic mass is 35.5. The van der Waals surface area contributed by atoms with Crippen molar-refractivity contribution in [2.75, 3.05) is 36.3 Å². The second-order valence-corrected chi connectivity index (χ2v) is 10.4. The summed E-state index contributed by atoms with van der Waals surface area (Å²) in [6, 6.07) is 8.74. The van der Waals surface area contributed by atoms with E-state index >= 15 is 0 Å². The molecule has 0 heterocycles. The van der Waals surface area contributed by atoms with Gasteiger partial charge in [0, 0.05) is 30.5 Å². The summed E-state index contributed by atoms with van der Waals surface area (Å²) in [6.07, 6.45) is 2.21. The molecule has 2 N–H and O–H groups in total. The monoisotopic (exact) mass is 489 g/mol. The SMILES string of the molecule is CSCCC(NS(=O)(=O)c1cc(Cl)ccc1Cl)C(=O)Nc1ccc(N(C)C)c(C)c1. The molecule has 0 spiro atoms. The zero-order valence-electron chi connectivity index (χ0n) is 17.2. The van der Waals surface area contributed by atoms with E-state index in [1.807, 2.05) is 44.3 Å². The Balaban J connectivity index is 2.25. The minimum Gasteiger partial charge on any atom is -0.377 e. The first-order chi connectivity index (χ1) is 14.0. The second-order valence-electron chi connectivity index (χ2n) is 6.92. The predicted molar refractivity (Wildman–Crippen MR) is 128 cm³/mol. The van der Waals surface area contributed by atoms with E-state index in [0.29, 0.717) is 17.9 Å². The Kier molecular flexibility index (Phi) is 8.87. The molecular weight excluding hydrogens is 465 g/mol. The Labute approximate surface area is 192 Å². The van der Waals surface area contributed by atoms with Gasteiger partial charge in [0.1, 0.15) is 10.9 Å². The van der Waals surface area contributed by atoms with Crippen LogP contribution in [0, 0.1) is 6.92 Å².